The fourth-order valence-corrected chi connectivity index (χ4v) is 3.64. The van der Waals surface area contributed by atoms with Crippen molar-refractivity contribution in [2.75, 3.05) is 13.2 Å². The van der Waals surface area contributed by atoms with E-state index in [2.05, 4.69) is 26.1 Å². The van der Waals surface area contributed by atoms with Crippen LogP contribution >= 0.6 is 0 Å². The lowest BCUT2D eigenvalue weighted by Gasteiger charge is -2.27. The van der Waals surface area contributed by atoms with Gasteiger partial charge in [-0.2, -0.15) is 0 Å². The topological polar surface area (TPSA) is 41.5 Å². The van der Waals surface area contributed by atoms with E-state index in [0.29, 0.717) is 25.3 Å². The molecule has 4 atom stereocenters. The Balaban J connectivity index is 1.57. The zero-order valence-corrected chi connectivity index (χ0v) is 13.5. The molecule has 0 saturated heterocycles. The van der Waals surface area contributed by atoms with Crippen molar-refractivity contribution in [1.82, 2.24) is 5.32 Å². The van der Waals surface area contributed by atoms with Gasteiger partial charge in [-0.1, -0.05) is 20.8 Å². The highest BCUT2D eigenvalue weighted by atomic mass is 16.5. The highest BCUT2D eigenvalue weighted by Crippen LogP contribution is 2.31. The molecule has 0 spiro atoms. The van der Waals surface area contributed by atoms with Crippen LogP contribution in [0.5, 0.6) is 0 Å². The summed E-state index contributed by atoms with van der Waals surface area (Å²) in [6.45, 7) is 8.13. The quantitative estimate of drug-likeness (QED) is 0.787. The van der Waals surface area contributed by atoms with Gasteiger partial charge in [-0.05, 0) is 56.3 Å². The van der Waals surface area contributed by atoms with Gasteiger partial charge in [0.1, 0.15) is 0 Å². The van der Waals surface area contributed by atoms with E-state index in [0.717, 1.165) is 17.8 Å². The number of ether oxygens (including phenoxy) is 1. The number of aliphatic hydroxyl groups excluding tert-OH is 1. The fourth-order valence-electron chi connectivity index (χ4n) is 3.64. The highest BCUT2D eigenvalue weighted by molar-refractivity contribution is 4.85. The molecule has 0 amide bonds. The minimum Gasteiger partial charge on any atom is -0.389 e. The lowest BCUT2D eigenvalue weighted by atomic mass is 9.89. The molecule has 0 aromatic rings. The third-order valence-corrected chi connectivity index (χ3v) is 5.57. The molecule has 2 aliphatic rings. The molecule has 4 unspecified atom stereocenters. The maximum atomic E-state index is 10.1. The highest BCUT2D eigenvalue weighted by Gasteiger charge is 2.29. The fraction of sp³-hybridized carbons (Fsp3) is 1.00. The van der Waals surface area contributed by atoms with Crippen LogP contribution in [0, 0.1) is 17.8 Å². The second-order valence-electron chi connectivity index (χ2n) is 7.30. The predicted molar refractivity (Wildman–Crippen MR) is 82.7 cm³/mol. The predicted octanol–water partition coefficient (Wildman–Crippen LogP) is 2.97. The van der Waals surface area contributed by atoms with Crippen molar-refractivity contribution in [3.05, 3.63) is 0 Å². The van der Waals surface area contributed by atoms with Gasteiger partial charge in [0.05, 0.1) is 18.8 Å². The maximum absolute atomic E-state index is 10.1. The summed E-state index contributed by atoms with van der Waals surface area (Å²) in [5.41, 5.74) is 0. The van der Waals surface area contributed by atoms with E-state index < -0.39 is 0 Å². The molecule has 2 fully saturated rings. The molecule has 118 valence electrons. The smallest absolute Gasteiger partial charge is 0.0897 e. The van der Waals surface area contributed by atoms with Crippen LogP contribution < -0.4 is 5.32 Å². The Morgan fingerprint density at radius 3 is 2.35 bits per heavy atom. The third kappa shape index (κ3) is 4.71. The molecule has 3 nitrogen and oxygen atoms in total. The Bertz CT molecular complexity index is 276. The van der Waals surface area contributed by atoms with Gasteiger partial charge in [0.15, 0.2) is 0 Å². The first-order valence-corrected chi connectivity index (χ1v) is 8.59. The van der Waals surface area contributed by atoms with Crippen molar-refractivity contribution in [2.24, 2.45) is 17.8 Å². The molecule has 0 aromatic carbocycles. The standard InChI is InChI=1S/C17H33NO2/c1-12-4-7-16(8-5-12)20-11-15(19)10-18-17-9-6-13(2)14(17)3/h12-19H,4-11H2,1-3H3. The Morgan fingerprint density at radius 1 is 1.05 bits per heavy atom. The van der Waals surface area contributed by atoms with Gasteiger partial charge in [0.25, 0.3) is 0 Å². The summed E-state index contributed by atoms with van der Waals surface area (Å²) < 4.78 is 5.87. The molecule has 3 heteroatoms. The molecule has 0 radical (unpaired) electrons. The SMILES string of the molecule is CC1CCC(OCC(O)CNC2CCC(C)C2C)CC1. The average molecular weight is 283 g/mol. The summed E-state index contributed by atoms with van der Waals surface area (Å²) in [6.07, 6.45) is 7.45. The number of aliphatic hydroxyl groups is 1. The van der Waals surface area contributed by atoms with E-state index >= 15 is 0 Å². The van der Waals surface area contributed by atoms with E-state index in [1.165, 1.54) is 38.5 Å². The summed E-state index contributed by atoms with van der Waals surface area (Å²) in [4.78, 5) is 0. The zero-order chi connectivity index (χ0) is 14.5. The first-order chi connectivity index (χ1) is 9.56. The molecular weight excluding hydrogens is 250 g/mol. The van der Waals surface area contributed by atoms with Crippen molar-refractivity contribution in [1.29, 1.82) is 0 Å². The van der Waals surface area contributed by atoms with Crippen molar-refractivity contribution in [2.45, 2.75) is 77.5 Å². The number of hydrogen-bond acceptors (Lipinski definition) is 3. The third-order valence-electron chi connectivity index (χ3n) is 5.57. The van der Waals surface area contributed by atoms with E-state index in [1.807, 2.05) is 0 Å². The van der Waals surface area contributed by atoms with Crippen molar-refractivity contribution >= 4 is 0 Å². The van der Waals surface area contributed by atoms with Crippen LogP contribution in [0.4, 0.5) is 0 Å². The lowest BCUT2D eigenvalue weighted by Crippen LogP contribution is -2.40. The zero-order valence-electron chi connectivity index (χ0n) is 13.5. The molecule has 0 aromatic heterocycles. The van der Waals surface area contributed by atoms with Crippen LogP contribution in [0.3, 0.4) is 0 Å². The van der Waals surface area contributed by atoms with Crippen LogP contribution in [0.15, 0.2) is 0 Å². The number of nitrogens with one attached hydrogen (secondary N) is 1. The molecular formula is C17H33NO2. The van der Waals surface area contributed by atoms with Crippen LogP contribution in [0.25, 0.3) is 0 Å². The summed E-state index contributed by atoms with van der Waals surface area (Å²) >= 11 is 0. The second kappa shape index (κ2) is 7.77. The lowest BCUT2D eigenvalue weighted by molar-refractivity contribution is -0.0286. The molecule has 2 aliphatic carbocycles. The van der Waals surface area contributed by atoms with E-state index in [9.17, 15) is 5.11 Å². The van der Waals surface area contributed by atoms with Gasteiger partial charge in [0, 0.05) is 12.6 Å². The Hall–Kier alpha value is -0.120. The molecule has 0 bridgehead atoms. The maximum Gasteiger partial charge on any atom is 0.0897 e. The monoisotopic (exact) mass is 283 g/mol. The summed E-state index contributed by atoms with van der Waals surface area (Å²) in [5.74, 6) is 2.39. The normalized spacial score (nSPS) is 39.9. The molecule has 20 heavy (non-hydrogen) atoms. The number of hydrogen-bond donors (Lipinski definition) is 2. The Labute approximate surface area is 124 Å². The van der Waals surface area contributed by atoms with E-state index in [-0.39, 0.29) is 6.10 Å². The largest absolute Gasteiger partial charge is 0.389 e. The molecule has 0 heterocycles. The van der Waals surface area contributed by atoms with Crippen molar-refractivity contribution in [3.63, 3.8) is 0 Å². The van der Waals surface area contributed by atoms with Crippen molar-refractivity contribution < 1.29 is 9.84 Å². The van der Waals surface area contributed by atoms with Crippen LogP contribution in [-0.2, 0) is 4.74 Å². The van der Waals surface area contributed by atoms with Gasteiger partial charge in [-0.15, -0.1) is 0 Å². The summed E-state index contributed by atoms with van der Waals surface area (Å²) in [6, 6.07) is 0.579. The van der Waals surface area contributed by atoms with E-state index in [4.69, 9.17) is 4.74 Å². The Morgan fingerprint density at radius 2 is 1.75 bits per heavy atom. The van der Waals surface area contributed by atoms with Crippen LogP contribution in [0.1, 0.15) is 59.3 Å². The van der Waals surface area contributed by atoms with Gasteiger partial charge in [0.2, 0.25) is 0 Å². The van der Waals surface area contributed by atoms with E-state index in [1.54, 1.807) is 0 Å². The first-order valence-electron chi connectivity index (χ1n) is 8.59. The van der Waals surface area contributed by atoms with Gasteiger partial charge in [-0.25, -0.2) is 0 Å². The first kappa shape index (κ1) is 16.3. The summed E-state index contributed by atoms with van der Waals surface area (Å²) in [5, 5.41) is 13.6. The van der Waals surface area contributed by atoms with Gasteiger partial charge >= 0.3 is 0 Å². The minimum absolute atomic E-state index is 0.363. The summed E-state index contributed by atoms with van der Waals surface area (Å²) in [7, 11) is 0. The van der Waals surface area contributed by atoms with Gasteiger partial charge < -0.3 is 15.2 Å². The average Bonchev–Trinajstić information content (AvgIpc) is 2.76. The Kier molecular flexibility index (Phi) is 6.31. The molecule has 2 saturated carbocycles. The molecule has 0 aliphatic heterocycles. The van der Waals surface area contributed by atoms with Crippen LogP contribution in [-0.4, -0.2) is 36.5 Å². The number of rotatable bonds is 6. The molecule has 2 rings (SSSR count). The van der Waals surface area contributed by atoms with Crippen LogP contribution in [0.2, 0.25) is 0 Å². The van der Waals surface area contributed by atoms with Crippen molar-refractivity contribution in [3.8, 4) is 0 Å². The second-order valence-corrected chi connectivity index (χ2v) is 7.30. The molecule has 2 N–H and O–H groups in total. The minimum atomic E-state index is -0.363. The van der Waals surface area contributed by atoms with Gasteiger partial charge in [-0.3, -0.25) is 0 Å².